The van der Waals surface area contributed by atoms with E-state index in [2.05, 4.69) is 15.2 Å². The van der Waals surface area contributed by atoms with Gasteiger partial charge in [0.25, 0.3) is 0 Å². The predicted molar refractivity (Wildman–Crippen MR) is 105 cm³/mol. The van der Waals surface area contributed by atoms with Crippen molar-refractivity contribution in [3.63, 3.8) is 0 Å². The van der Waals surface area contributed by atoms with Gasteiger partial charge < -0.3 is 9.15 Å². The summed E-state index contributed by atoms with van der Waals surface area (Å²) in [5.74, 6) is 3.02. The molecule has 1 aromatic carbocycles. The second-order valence-corrected chi connectivity index (χ2v) is 7.67. The number of hydrogen-bond acceptors (Lipinski definition) is 7. The third kappa shape index (κ3) is 4.71. The first kappa shape index (κ1) is 18.1. The van der Waals surface area contributed by atoms with E-state index in [1.54, 1.807) is 41.5 Å². The first-order valence-electron chi connectivity index (χ1n) is 8.10. The second kappa shape index (κ2) is 8.60. The summed E-state index contributed by atoms with van der Waals surface area (Å²) in [6.45, 7) is 0.839. The van der Waals surface area contributed by atoms with Gasteiger partial charge in [-0.25, -0.2) is 4.98 Å². The van der Waals surface area contributed by atoms with Crippen LogP contribution < -0.4 is 4.74 Å². The van der Waals surface area contributed by atoms with Crippen molar-refractivity contribution in [3.05, 3.63) is 75.9 Å². The monoisotopic (exact) mass is 418 g/mol. The molecule has 0 amide bonds. The lowest BCUT2D eigenvalue weighted by molar-refractivity contribution is 0.287. The number of benzene rings is 1. The van der Waals surface area contributed by atoms with E-state index in [1.165, 1.54) is 0 Å². The van der Waals surface area contributed by atoms with Crippen LogP contribution in [0.2, 0.25) is 5.02 Å². The zero-order valence-corrected chi connectivity index (χ0v) is 16.5. The molecule has 3 aromatic heterocycles. The van der Waals surface area contributed by atoms with Gasteiger partial charge >= 0.3 is 0 Å². The first-order chi connectivity index (χ1) is 13.3. The molecule has 0 bridgehead atoms. The van der Waals surface area contributed by atoms with Gasteiger partial charge in [0.1, 0.15) is 18.1 Å². The average Bonchev–Trinajstić information content (AvgIpc) is 3.43. The van der Waals surface area contributed by atoms with Gasteiger partial charge in [-0.15, -0.1) is 21.5 Å². The Morgan fingerprint density at radius 2 is 2.07 bits per heavy atom. The van der Waals surface area contributed by atoms with Gasteiger partial charge in [-0.05, 0) is 36.4 Å². The number of halogens is 1. The Bertz CT molecular complexity index is 970. The zero-order chi connectivity index (χ0) is 18.5. The second-order valence-electron chi connectivity index (χ2n) is 5.58. The molecule has 0 aliphatic rings. The Balaban J connectivity index is 1.51. The standard InChI is InChI=1S/C18H15ClN4O2S2/c19-13-3-5-15(6-4-13)25-9-17-21-22-18(27-11-14-10-26-12-20-14)23(17)8-16-2-1-7-24-16/h1-7,10,12H,8-9,11H2. The third-order valence-corrected chi connectivity index (χ3v) is 5.59. The molecule has 0 atom stereocenters. The summed E-state index contributed by atoms with van der Waals surface area (Å²) in [5, 5.41) is 12.1. The fraction of sp³-hybridized carbons (Fsp3) is 0.167. The van der Waals surface area contributed by atoms with E-state index in [0.717, 1.165) is 33.9 Å². The number of aromatic nitrogens is 4. The fourth-order valence-electron chi connectivity index (χ4n) is 2.38. The van der Waals surface area contributed by atoms with E-state index in [0.29, 0.717) is 18.2 Å². The molecule has 4 rings (SSSR count). The van der Waals surface area contributed by atoms with Gasteiger partial charge in [-0.2, -0.15) is 0 Å². The van der Waals surface area contributed by atoms with Gasteiger partial charge in [-0.1, -0.05) is 23.4 Å². The minimum Gasteiger partial charge on any atom is -0.486 e. The van der Waals surface area contributed by atoms with Crippen molar-refractivity contribution in [1.29, 1.82) is 0 Å². The summed E-state index contributed by atoms with van der Waals surface area (Å²) >= 11 is 9.09. The zero-order valence-electron chi connectivity index (χ0n) is 14.1. The molecule has 0 aliphatic heterocycles. The van der Waals surface area contributed by atoms with Crippen molar-refractivity contribution < 1.29 is 9.15 Å². The van der Waals surface area contributed by atoms with Crippen LogP contribution in [0.5, 0.6) is 5.75 Å². The Labute approximate surface area is 169 Å². The molecule has 4 aromatic rings. The number of thioether (sulfide) groups is 1. The van der Waals surface area contributed by atoms with Crippen LogP contribution in [-0.2, 0) is 18.9 Å². The van der Waals surface area contributed by atoms with E-state index in [4.69, 9.17) is 20.8 Å². The quantitative estimate of drug-likeness (QED) is 0.379. The van der Waals surface area contributed by atoms with Crippen molar-refractivity contribution >= 4 is 34.7 Å². The molecular formula is C18H15ClN4O2S2. The minimum atomic E-state index is 0.298. The van der Waals surface area contributed by atoms with E-state index in [1.807, 2.05) is 39.7 Å². The van der Waals surface area contributed by atoms with Gasteiger partial charge in [0.05, 0.1) is 24.0 Å². The van der Waals surface area contributed by atoms with Crippen LogP contribution >= 0.6 is 34.7 Å². The van der Waals surface area contributed by atoms with E-state index in [9.17, 15) is 0 Å². The van der Waals surface area contributed by atoms with Crippen molar-refractivity contribution in [2.45, 2.75) is 24.1 Å². The van der Waals surface area contributed by atoms with Crippen LogP contribution in [0.4, 0.5) is 0 Å². The number of thiazole rings is 1. The van der Waals surface area contributed by atoms with Crippen LogP contribution in [0.15, 0.2) is 63.1 Å². The topological polar surface area (TPSA) is 66.0 Å². The lowest BCUT2D eigenvalue weighted by atomic mass is 10.3. The molecular weight excluding hydrogens is 404 g/mol. The number of nitrogens with zero attached hydrogens (tertiary/aromatic N) is 4. The number of ether oxygens (including phenoxy) is 1. The number of hydrogen-bond donors (Lipinski definition) is 0. The molecule has 0 aliphatic carbocycles. The third-order valence-electron chi connectivity index (χ3n) is 3.70. The molecule has 0 fully saturated rings. The fourth-order valence-corrected chi connectivity index (χ4v) is 4.02. The van der Waals surface area contributed by atoms with E-state index < -0.39 is 0 Å². The highest BCUT2D eigenvalue weighted by Crippen LogP contribution is 2.24. The molecule has 0 saturated heterocycles. The van der Waals surface area contributed by atoms with Crippen LogP contribution in [0.1, 0.15) is 17.3 Å². The molecule has 6 nitrogen and oxygen atoms in total. The molecule has 27 heavy (non-hydrogen) atoms. The van der Waals surface area contributed by atoms with Gasteiger partial charge in [0.15, 0.2) is 11.0 Å². The normalized spacial score (nSPS) is 11.0. The van der Waals surface area contributed by atoms with Gasteiger partial charge in [0, 0.05) is 16.2 Å². The summed E-state index contributed by atoms with van der Waals surface area (Å²) in [6, 6.07) is 11.0. The maximum absolute atomic E-state index is 5.91. The summed E-state index contributed by atoms with van der Waals surface area (Å²) in [5.41, 5.74) is 2.85. The van der Waals surface area contributed by atoms with Crippen LogP contribution in [0, 0.1) is 0 Å². The highest BCUT2D eigenvalue weighted by molar-refractivity contribution is 7.98. The van der Waals surface area contributed by atoms with Crippen LogP contribution in [-0.4, -0.2) is 19.7 Å². The highest BCUT2D eigenvalue weighted by Gasteiger charge is 2.15. The molecule has 9 heteroatoms. The summed E-state index contributed by atoms with van der Waals surface area (Å²) in [7, 11) is 0. The van der Waals surface area contributed by atoms with E-state index in [-0.39, 0.29) is 0 Å². The van der Waals surface area contributed by atoms with Crippen molar-refractivity contribution in [2.24, 2.45) is 0 Å². The Morgan fingerprint density at radius 3 is 2.81 bits per heavy atom. The van der Waals surface area contributed by atoms with Crippen molar-refractivity contribution in [3.8, 4) is 5.75 Å². The lowest BCUT2D eigenvalue weighted by Crippen LogP contribution is -2.09. The molecule has 0 saturated carbocycles. The van der Waals surface area contributed by atoms with Gasteiger partial charge in [0.2, 0.25) is 0 Å². The first-order valence-corrected chi connectivity index (χ1v) is 10.4. The van der Waals surface area contributed by atoms with E-state index >= 15 is 0 Å². The molecule has 0 spiro atoms. The van der Waals surface area contributed by atoms with Gasteiger partial charge in [-0.3, -0.25) is 4.57 Å². The minimum absolute atomic E-state index is 0.298. The van der Waals surface area contributed by atoms with Crippen LogP contribution in [0.25, 0.3) is 0 Å². The Kier molecular flexibility index (Phi) is 5.76. The summed E-state index contributed by atoms with van der Waals surface area (Å²) in [6.07, 6.45) is 1.66. The predicted octanol–water partition coefficient (Wildman–Crippen LogP) is 4.90. The SMILES string of the molecule is Clc1ccc(OCc2nnc(SCc3cscn3)n2Cc2ccco2)cc1. The van der Waals surface area contributed by atoms with Crippen LogP contribution in [0.3, 0.4) is 0 Å². The molecule has 3 heterocycles. The summed E-state index contributed by atoms with van der Waals surface area (Å²) in [4.78, 5) is 4.31. The largest absolute Gasteiger partial charge is 0.486 e. The molecule has 0 unspecified atom stereocenters. The number of rotatable bonds is 8. The van der Waals surface area contributed by atoms with Crippen molar-refractivity contribution in [2.75, 3.05) is 0 Å². The maximum atomic E-state index is 5.91. The maximum Gasteiger partial charge on any atom is 0.192 e. The number of furan rings is 1. The summed E-state index contributed by atoms with van der Waals surface area (Å²) < 4.78 is 13.3. The smallest absolute Gasteiger partial charge is 0.192 e. The van der Waals surface area contributed by atoms with Crippen molar-refractivity contribution in [1.82, 2.24) is 19.7 Å². The lowest BCUT2D eigenvalue weighted by Gasteiger charge is -2.10. The molecule has 0 radical (unpaired) electrons. The molecule has 0 N–H and O–H groups in total. The average molecular weight is 419 g/mol. The Morgan fingerprint density at radius 1 is 1.19 bits per heavy atom. The Hall–Kier alpha value is -2.29. The molecule has 138 valence electrons. The highest BCUT2D eigenvalue weighted by atomic mass is 35.5.